The lowest BCUT2D eigenvalue weighted by molar-refractivity contribution is 0.154. The van der Waals surface area contributed by atoms with Crippen LogP contribution in [0.25, 0.3) is 0 Å². The van der Waals surface area contributed by atoms with Gasteiger partial charge in [-0.3, -0.25) is 0 Å². The second kappa shape index (κ2) is 7.81. The molecule has 1 aromatic rings. The third-order valence-electron chi connectivity index (χ3n) is 2.66. The summed E-state index contributed by atoms with van der Waals surface area (Å²) >= 11 is 0. The molecule has 0 radical (unpaired) electrons. The number of ether oxygens (including phenoxy) is 1. The molecule has 0 aliphatic heterocycles. The van der Waals surface area contributed by atoms with E-state index in [1.165, 1.54) is 0 Å². The van der Waals surface area contributed by atoms with Crippen molar-refractivity contribution in [1.29, 1.82) is 0 Å². The molecule has 1 rings (SSSR count). The molecule has 6 nitrogen and oxygen atoms in total. The number of aliphatic hydroxyl groups is 1. The van der Waals surface area contributed by atoms with Crippen molar-refractivity contribution in [2.45, 2.75) is 32.4 Å². The molecule has 0 saturated heterocycles. The first-order valence-electron chi connectivity index (χ1n) is 6.36. The van der Waals surface area contributed by atoms with Gasteiger partial charge in [-0.15, -0.1) is 0 Å². The van der Waals surface area contributed by atoms with Crippen molar-refractivity contribution in [3.05, 3.63) is 23.7 Å². The minimum Gasteiger partial charge on any atom is -0.464 e. The van der Waals surface area contributed by atoms with Gasteiger partial charge < -0.3 is 24.9 Å². The van der Waals surface area contributed by atoms with E-state index in [-0.39, 0.29) is 24.7 Å². The molecule has 1 aromatic heterocycles. The quantitative estimate of drug-likeness (QED) is 0.695. The Bertz CT molecular complexity index is 392. The van der Waals surface area contributed by atoms with E-state index in [1.807, 2.05) is 19.1 Å². The molecule has 19 heavy (non-hydrogen) atoms. The number of aryl methyl sites for hydroxylation is 1. The van der Waals surface area contributed by atoms with E-state index in [0.717, 1.165) is 12.2 Å². The number of methoxy groups -OCH3 is 1. The number of aliphatic hydroxyl groups excluding tert-OH is 1. The Labute approximate surface area is 113 Å². The van der Waals surface area contributed by atoms with Gasteiger partial charge >= 0.3 is 6.03 Å². The summed E-state index contributed by atoms with van der Waals surface area (Å²) in [7, 11) is 1.56. The fraction of sp³-hybridized carbons (Fsp3) is 0.615. The number of furan rings is 1. The van der Waals surface area contributed by atoms with Gasteiger partial charge in [-0.25, -0.2) is 4.79 Å². The van der Waals surface area contributed by atoms with Crippen molar-refractivity contribution in [2.75, 3.05) is 20.3 Å². The highest BCUT2D eigenvalue weighted by Gasteiger charge is 2.18. The summed E-state index contributed by atoms with van der Waals surface area (Å²) in [4.78, 5) is 11.7. The van der Waals surface area contributed by atoms with Crippen molar-refractivity contribution in [1.82, 2.24) is 10.6 Å². The summed E-state index contributed by atoms with van der Waals surface area (Å²) < 4.78 is 10.7. The SMILES string of the molecule is CCc1ccc(C(COC)NC(=O)NC(C)CO)o1. The van der Waals surface area contributed by atoms with Gasteiger partial charge in [-0.2, -0.15) is 0 Å². The minimum atomic E-state index is -0.363. The van der Waals surface area contributed by atoms with Crippen LogP contribution in [0.5, 0.6) is 0 Å². The van der Waals surface area contributed by atoms with Gasteiger partial charge in [-0.1, -0.05) is 6.92 Å². The Kier molecular flexibility index (Phi) is 6.38. The number of nitrogens with one attached hydrogen (secondary N) is 2. The van der Waals surface area contributed by atoms with Gasteiger partial charge in [0.15, 0.2) is 0 Å². The normalized spacial score (nSPS) is 13.9. The van der Waals surface area contributed by atoms with Crippen molar-refractivity contribution in [3.8, 4) is 0 Å². The van der Waals surface area contributed by atoms with E-state index in [1.54, 1.807) is 14.0 Å². The number of amides is 2. The van der Waals surface area contributed by atoms with Crippen LogP contribution in [0.4, 0.5) is 4.79 Å². The molecule has 0 aromatic carbocycles. The second-order valence-electron chi connectivity index (χ2n) is 4.37. The van der Waals surface area contributed by atoms with Crippen LogP contribution >= 0.6 is 0 Å². The van der Waals surface area contributed by atoms with E-state index in [0.29, 0.717) is 12.4 Å². The van der Waals surface area contributed by atoms with Crippen molar-refractivity contribution >= 4 is 6.03 Å². The Morgan fingerprint density at radius 2 is 2.21 bits per heavy atom. The Morgan fingerprint density at radius 1 is 1.47 bits per heavy atom. The highest BCUT2D eigenvalue weighted by atomic mass is 16.5. The predicted molar refractivity (Wildman–Crippen MR) is 70.9 cm³/mol. The number of carbonyl (C=O) groups is 1. The summed E-state index contributed by atoms with van der Waals surface area (Å²) in [6, 6.07) is 2.70. The molecule has 3 N–H and O–H groups in total. The Morgan fingerprint density at radius 3 is 2.74 bits per heavy atom. The molecular formula is C13H22N2O4. The topological polar surface area (TPSA) is 83.7 Å². The van der Waals surface area contributed by atoms with Crippen LogP contribution in [-0.2, 0) is 11.2 Å². The molecule has 0 saturated carbocycles. The second-order valence-corrected chi connectivity index (χ2v) is 4.37. The first kappa shape index (κ1) is 15.5. The van der Waals surface area contributed by atoms with Crippen LogP contribution < -0.4 is 10.6 Å². The zero-order chi connectivity index (χ0) is 14.3. The molecule has 2 unspecified atom stereocenters. The first-order chi connectivity index (χ1) is 9.10. The third-order valence-corrected chi connectivity index (χ3v) is 2.66. The molecule has 108 valence electrons. The lowest BCUT2D eigenvalue weighted by Crippen LogP contribution is -2.44. The van der Waals surface area contributed by atoms with E-state index in [4.69, 9.17) is 14.3 Å². The maximum absolute atomic E-state index is 11.7. The maximum atomic E-state index is 11.7. The fourth-order valence-corrected chi connectivity index (χ4v) is 1.60. The van der Waals surface area contributed by atoms with Gasteiger partial charge in [0.05, 0.1) is 19.3 Å². The third kappa shape index (κ3) is 4.92. The standard InChI is InChI=1S/C13H22N2O4/c1-4-10-5-6-12(19-10)11(8-18-3)15-13(17)14-9(2)7-16/h5-6,9,11,16H,4,7-8H2,1-3H3,(H2,14,15,17). The summed E-state index contributed by atoms with van der Waals surface area (Å²) in [6.45, 7) is 3.92. The smallest absolute Gasteiger partial charge is 0.315 e. The summed E-state index contributed by atoms with van der Waals surface area (Å²) in [5.74, 6) is 1.52. The number of carbonyl (C=O) groups excluding carboxylic acids is 1. The van der Waals surface area contributed by atoms with Gasteiger partial charge in [0, 0.05) is 13.5 Å². The van der Waals surface area contributed by atoms with Crippen LogP contribution in [0, 0.1) is 0 Å². The highest BCUT2D eigenvalue weighted by Crippen LogP contribution is 2.17. The molecule has 0 bridgehead atoms. The van der Waals surface area contributed by atoms with E-state index < -0.39 is 0 Å². The molecule has 2 amide bonds. The van der Waals surface area contributed by atoms with E-state index >= 15 is 0 Å². The van der Waals surface area contributed by atoms with Crippen molar-refractivity contribution < 1.29 is 19.1 Å². The Balaban J connectivity index is 2.64. The van der Waals surface area contributed by atoms with Gasteiger partial charge in [0.2, 0.25) is 0 Å². The van der Waals surface area contributed by atoms with Crippen LogP contribution in [0.15, 0.2) is 16.5 Å². The maximum Gasteiger partial charge on any atom is 0.315 e. The summed E-state index contributed by atoms with van der Waals surface area (Å²) in [6.07, 6.45) is 0.799. The van der Waals surface area contributed by atoms with E-state index in [9.17, 15) is 4.79 Å². The average Bonchev–Trinajstić information content (AvgIpc) is 2.86. The zero-order valence-electron chi connectivity index (χ0n) is 11.6. The molecule has 0 aliphatic rings. The average molecular weight is 270 g/mol. The number of hydrogen-bond acceptors (Lipinski definition) is 4. The molecule has 0 aliphatic carbocycles. The Hall–Kier alpha value is -1.53. The van der Waals surface area contributed by atoms with Crippen LogP contribution in [-0.4, -0.2) is 37.5 Å². The lowest BCUT2D eigenvalue weighted by Gasteiger charge is -2.18. The number of rotatable bonds is 7. The fourth-order valence-electron chi connectivity index (χ4n) is 1.60. The molecule has 1 heterocycles. The van der Waals surface area contributed by atoms with Gasteiger partial charge in [0.25, 0.3) is 0 Å². The zero-order valence-corrected chi connectivity index (χ0v) is 11.6. The van der Waals surface area contributed by atoms with Crippen LogP contribution in [0.2, 0.25) is 0 Å². The molecule has 6 heteroatoms. The van der Waals surface area contributed by atoms with Gasteiger partial charge in [-0.05, 0) is 19.1 Å². The molecule has 0 spiro atoms. The predicted octanol–water partition coefficient (Wildman–Crippen LogP) is 1.21. The largest absolute Gasteiger partial charge is 0.464 e. The lowest BCUT2D eigenvalue weighted by atomic mass is 10.2. The van der Waals surface area contributed by atoms with Crippen molar-refractivity contribution in [2.24, 2.45) is 0 Å². The number of urea groups is 1. The molecular weight excluding hydrogens is 248 g/mol. The van der Waals surface area contributed by atoms with Crippen LogP contribution in [0.3, 0.4) is 0 Å². The number of hydrogen-bond donors (Lipinski definition) is 3. The first-order valence-corrected chi connectivity index (χ1v) is 6.36. The summed E-state index contributed by atoms with van der Waals surface area (Å²) in [5, 5.41) is 14.3. The van der Waals surface area contributed by atoms with Crippen LogP contribution in [0.1, 0.15) is 31.4 Å². The van der Waals surface area contributed by atoms with Crippen molar-refractivity contribution in [3.63, 3.8) is 0 Å². The minimum absolute atomic E-state index is 0.108. The summed E-state index contributed by atoms with van der Waals surface area (Å²) in [5.41, 5.74) is 0. The van der Waals surface area contributed by atoms with Gasteiger partial charge in [0.1, 0.15) is 17.6 Å². The molecule has 2 atom stereocenters. The highest BCUT2D eigenvalue weighted by molar-refractivity contribution is 5.74. The van der Waals surface area contributed by atoms with E-state index in [2.05, 4.69) is 10.6 Å². The molecule has 0 fully saturated rings. The monoisotopic (exact) mass is 270 g/mol.